The molecular weight excluding hydrogens is 424 g/mol. The summed E-state index contributed by atoms with van der Waals surface area (Å²) in [4.78, 5) is 38.2. The third-order valence-electron chi connectivity index (χ3n) is 4.82. The number of imide groups is 1. The predicted octanol–water partition coefficient (Wildman–Crippen LogP) is 2.73. The number of urea groups is 1. The van der Waals surface area contributed by atoms with Crippen LogP contribution >= 0.6 is 15.9 Å². The summed E-state index contributed by atoms with van der Waals surface area (Å²) in [7, 11) is 3.41. The maximum atomic E-state index is 12.7. The van der Waals surface area contributed by atoms with Crippen molar-refractivity contribution in [3.05, 3.63) is 74.2 Å². The van der Waals surface area contributed by atoms with Gasteiger partial charge in [0.05, 0.1) is 17.6 Å². The highest BCUT2D eigenvalue weighted by molar-refractivity contribution is 9.10. The summed E-state index contributed by atoms with van der Waals surface area (Å²) in [5, 5.41) is 2.63. The number of halogens is 1. The highest BCUT2D eigenvalue weighted by Gasteiger charge is 2.33. The monoisotopic (exact) mass is 440 g/mol. The molecule has 1 fully saturated rings. The van der Waals surface area contributed by atoms with Crippen LogP contribution in [0.25, 0.3) is 17.1 Å². The molecule has 0 bridgehead atoms. The van der Waals surface area contributed by atoms with Crippen molar-refractivity contribution in [1.82, 2.24) is 19.4 Å². The van der Waals surface area contributed by atoms with Crippen LogP contribution in [0.2, 0.25) is 0 Å². The number of hydrogen-bond donors (Lipinski definition) is 1. The molecule has 1 aliphatic heterocycles. The number of nitrogens with one attached hydrogen (secondary N) is 1. The Labute approximate surface area is 169 Å². The Kier molecular flexibility index (Phi) is 4.43. The van der Waals surface area contributed by atoms with Gasteiger partial charge in [0.2, 0.25) is 0 Å². The third kappa shape index (κ3) is 3.05. The summed E-state index contributed by atoms with van der Waals surface area (Å²) < 4.78 is 4.04. The molecule has 0 spiro atoms. The minimum absolute atomic E-state index is 0.120. The predicted molar refractivity (Wildman–Crippen MR) is 109 cm³/mol. The van der Waals surface area contributed by atoms with Crippen molar-refractivity contribution in [3.8, 4) is 0 Å². The lowest BCUT2D eigenvalue weighted by molar-refractivity contribution is -0.123. The van der Waals surface area contributed by atoms with E-state index in [1.807, 2.05) is 42.5 Å². The first-order valence-electron chi connectivity index (χ1n) is 8.59. The average molecular weight is 441 g/mol. The highest BCUT2D eigenvalue weighted by atomic mass is 79.9. The van der Waals surface area contributed by atoms with Crippen LogP contribution in [0.5, 0.6) is 0 Å². The number of carbonyl (C=O) groups is 2. The Balaban J connectivity index is 1.63. The molecule has 0 saturated carbocycles. The van der Waals surface area contributed by atoms with E-state index in [1.165, 1.54) is 4.90 Å². The zero-order chi connectivity index (χ0) is 20.0. The lowest BCUT2D eigenvalue weighted by Crippen LogP contribution is -2.30. The second kappa shape index (κ2) is 6.79. The minimum Gasteiger partial charge on any atom is -0.303 e. The maximum Gasteiger partial charge on any atom is 0.329 e. The first-order chi connectivity index (χ1) is 13.3. The fourth-order valence-electron chi connectivity index (χ4n) is 3.27. The van der Waals surface area contributed by atoms with E-state index in [4.69, 9.17) is 0 Å². The quantitative estimate of drug-likeness (QED) is 0.502. The Morgan fingerprint density at radius 3 is 2.36 bits per heavy atom. The van der Waals surface area contributed by atoms with Gasteiger partial charge in [0.1, 0.15) is 5.70 Å². The summed E-state index contributed by atoms with van der Waals surface area (Å²) in [6, 6.07) is 12.4. The van der Waals surface area contributed by atoms with Crippen molar-refractivity contribution in [2.45, 2.75) is 6.54 Å². The molecule has 7 nitrogen and oxygen atoms in total. The molecule has 1 saturated heterocycles. The van der Waals surface area contributed by atoms with Gasteiger partial charge in [-0.15, -0.1) is 0 Å². The summed E-state index contributed by atoms with van der Waals surface area (Å²) in [6.07, 6.45) is 1.62. The van der Waals surface area contributed by atoms with Crippen LogP contribution in [0, 0.1) is 0 Å². The van der Waals surface area contributed by atoms with Crippen LogP contribution in [-0.2, 0) is 25.4 Å². The molecule has 1 aromatic heterocycles. The minimum atomic E-state index is -0.452. The van der Waals surface area contributed by atoms with Crippen molar-refractivity contribution in [2.75, 3.05) is 0 Å². The van der Waals surface area contributed by atoms with Crippen LogP contribution in [0.3, 0.4) is 0 Å². The standard InChI is InChI=1S/C20H17BrN4O3/c1-23-16-8-5-13(10-17(16)24(2)20(23)28)9-15-18(26)25(19(27)22-15)11-12-3-6-14(21)7-4-12/h3-10H,11H2,1-2H3,(H,22,27)/b15-9-. The van der Waals surface area contributed by atoms with Gasteiger partial charge in [-0.1, -0.05) is 34.1 Å². The van der Waals surface area contributed by atoms with E-state index >= 15 is 0 Å². The normalized spacial score (nSPS) is 15.7. The van der Waals surface area contributed by atoms with Gasteiger partial charge in [0.15, 0.2) is 0 Å². The molecule has 0 aliphatic carbocycles. The van der Waals surface area contributed by atoms with Crippen LogP contribution in [0.1, 0.15) is 11.1 Å². The molecule has 0 radical (unpaired) electrons. The number of amides is 3. The Morgan fingerprint density at radius 1 is 0.964 bits per heavy atom. The van der Waals surface area contributed by atoms with Gasteiger partial charge in [-0.05, 0) is 41.5 Å². The molecule has 1 N–H and O–H groups in total. The first-order valence-corrected chi connectivity index (χ1v) is 9.39. The molecule has 0 unspecified atom stereocenters. The lowest BCUT2D eigenvalue weighted by atomic mass is 10.1. The summed E-state index contributed by atoms with van der Waals surface area (Å²) in [5.74, 6) is -0.380. The molecule has 2 aromatic carbocycles. The van der Waals surface area contributed by atoms with E-state index in [2.05, 4.69) is 21.2 Å². The molecule has 28 heavy (non-hydrogen) atoms. The van der Waals surface area contributed by atoms with Gasteiger partial charge in [-0.25, -0.2) is 9.59 Å². The Hall–Kier alpha value is -3.13. The van der Waals surface area contributed by atoms with Gasteiger partial charge in [0, 0.05) is 18.6 Å². The van der Waals surface area contributed by atoms with E-state index in [0.29, 0.717) is 0 Å². The topological polar surface area (TPSA) is 76.3 Å². The van der Waals surface area contributed by atoms with Gasteiger partial charge >= 0.3 is 11.7 Å². The van der Waals surface area contributed by atoms with Crippen LogP contribution < -0.4 is 11.0 Å². The van der Waals surface area contributed by atoms with Crippen LogP contribution in [0.4, 0.5) is 4.79 Å². The lowest BCUT2D eigenvalue weighted by Gasteiger charge is -2.11. The summed E-state index contributed by atoms with van der Waals surface area (Å²) in [6.45, 7) is 0.196. The second-order valence-electron chi connectivity index (χ2n) is 6.65. The van der Waals surface area contributed by atoms with E-state index in [1.54, 1.807) is 29.3 Å². The third-order valence-corrected chi connectivity index (χ3v) is 5.35. The smallest absolute Gasteiger partial charge is 0.303 e. The fraction of sp³-hybridized carbons (Fsp3) is 0.150. The van der Waals surface area contributed by atoms with Crippen LogP contribution in [0.15, 0.2) is 57.4 Å². The molecule has 3 amide bonds. The van der Waals surface area contributed by atoms with Crippen molar-refractivity contribution >= 4 is 45.0 Å². The fourth-order valence-corrected chi connectivity index (χ4v) is 3.53. The van der Waals surface area contributed by atoms with Gasteiger partial charge in [-0.2, -0.15) is 0 Å². The summed E-state index contributed by atoms with van der Waals surface area (Å²) >= 11 is 3.36. The summed E-state index contributed by atoms with van der Waals surface area (Å²) in [5.41, 5.74) is 3.23. The van der Waals surface area contributed by atoms with Gasteiger partial charge < -0.3 is 5.32 Å². The Morgan fingerprint density at radius 2 is 1.64 bits per heavy atom. The molecule has 0 atom stereocenters. The Bertz CT molecular complexity index is 1200. The number of imidazole rings is 1. The molecule has 142 valence electrons. The molecule has 2 heterocycles. The molecule has 4 rings (SSSR count). The van der Waals surface area contributed by atoms with E-state index in [-0.39, 0.29) is 23.8 Å². The number of benzene rings is 2. The molecule has 8 heteroatoms. The van der Waals surface area contributed by atoms with E-state index < -0.39 is 6.03 Å². The first kappa shape index (κ1) is 18.2. The number of nitrogens with zero attached hydrogens (tertiary/aromatic N) is 3. The number of fused-ring (bicyclic) bond motifs is 1. The molecular formula is C20H17BrN4O3. The molecule has 3 aromatic rings. The van der Waals surface area contributed by atoms with Crippen LogP contribution in [-0.4, -0.2) is 26.0 Å². The van der Waals surface area contributed by atoms with E-state index in [9.17, 15) is 14.4 Å². The number of aromatic nitrogens is 2. The zero-order valence-corrected chi connectivity index (χ0v) is 16.9. The van der Waals surface area contributed by atoms with Gasteiger partial charge in [0.25, 0.3) is 5.91 Å². The maximum absolute atomic E-state index is 12.7. The largest absolute Gasteiger partial charge is 0.329 e. The van der Waals surface area contributed by atoms with Crippen molar-refractivity contribution in [2.24, 2.45) is 14.1 Å². The van der Waals surface area contributed by atoms with Gasteiger partial charge in [-0.3, -0.25) is 18.8 Å². The number of rotatable bonds is 3. The SMILES string of the molecule is Cn1c(=O)n(C)c2cc(/C=C3\NC(=O)N(Cc4ccc(Br)cc4)C3=O)ccc21. The molecule has 1 aliphatic rings. The average Bonchev–Trinajstić information content (AvgIpc) is 3.06. The highest BCUT2D eigenvalue weighted by Crippen LogP contribution is 2.20. The van der Waals surface area contributed by atoms with Crippen molar-refractivity contribution in [3.63, 3.8) is 0 Å². The number of carbonyl (C=O) groups excluding carboxylic acids is 2. The second-order valence-corrected chi connectivity index (χ2v) is 7.57. The number of aryl methyl sites for hydroxylation is 2. The zero-order valence-electron chi connectivity index (χ0n) is 15.3. The van der Waals surface area contributed by atoms with Crippen molar-refractivity contribution < 1.29 is 9.59 Å². The van der Waals surface area contributed by atoms with E-state index in [0.717, 1.165) is 26.6 Å². The number of hydrogen-bond acceptors (Lipinski definition) is 3. The van der Waals surface area contributed by atoms with Crippen molar-refractivity contribution in [1.29, 1.82) is 0 Å².